The lowest BCUT2D eigenvalue weighted by Crippen LogP contribution is -2.51. The Morgan fingerprint density at radius 3 is 2.53 bits per heavy atom. The second-order valence-electron chi connectivity index (χ2n) is 8.55. The van der Waals surface area contributed by atoms with Crippen LogP contribution in [0.2, 0.25) is 0 Å². The lowest BCUT2D eigenvalue weighted by molar-refractivity contribution is -0.132. The van der Waals surface area contributed by atoms with Crippen molar-refractivity contribution in [1.82, 2.24) is 24.8 Å². The molecule has 0 unspecified atom stereocenters. The predicted molar refractivity (Wildman–Crippen MR) is 119 cm³/mol. The first kappa shape index (κ1) is 22.2. The molecule has 1 aliphatic heterocycles. The summed E-state index contributed by atoms with van der Waals surface area (Å²) in [6, 6.07) is 5.35. The highest BCUT2D eigenvalue weighted by molar-refractivity contribution is 5.92. The van der Waals surface area contributed by atoms with E-state index in [0.717, 1.165) is 12.3 Å². The van der Waals surface area contributed by atoms with Gasteiger partial charge in [-0.1, -0.05) is 38.2 Å². The van der Waals surface area contributed by atoms with Gasteiger partial charge in [-0.2, -0.15) is 0 Å². The zero-order valence-electron chi connectivity index (χ0n) is 18.5. The lowest BCUT2D eigenvalue weighted by Gasteiger charge is -2.34. The second kappa shape index (κ2) is 11.0. The van der Waals surface area contributed by atoms with Crippen molar-refractivity contribution < 1.29 is 14.3 Å². The molecule has 0 radical (unpaired) electrons. The molecule has 1 aliphatic carbocycles. The number of pyridine rings is 1. The monoisotopic (exact) mass is 437 g/mol. The molecule has 2 amide bonds. The van der Waals surface area contributed by atoms with E-state index in [4.69, 9.17) is 4.74 Å². The molecule has 3 heterocycles. The van der Waals surface area contributed by atoms with Crippen LogP contribution in [0.1, 0.15) is 54.7 Å². The summed E-state index contributed by atoms with van der Waals surface area (Å²) in [5.74, 6) is 1.14. The average molecular weight is 438 g/mol. The first-order chi connectivity index (χ1) is 15.7. The summed E-state index contributed by atoms with van der Waals surface area (Å²) in [6.07, 6.45) is 12.6. The van der Waals surface area contributed by atoms with Crippen molar-refractivity contribution in [3.05, 3.63) is 48.2 Å². The molecule has 0 atom stereocenters. The normalized spacial score (nSPS) is 17.2. The van der Waals surface area contributed by atoms with Crippen LogP contribution < -0.4 is 4.74 Å². The van der Waals surface area contributed by atoms with Crippen molar-refractivity contribution in [2.75, 3.05) is 32.8 Å². The zero-order chi connectivity index (χ0) is 22.2. The van der Waals surface area contributed by atoms with Crippen LogP contribution in [0.15, 0.2) is 36.8 Å². The Morgan fingerprint density at radius 1 is 1.00 bits per heavy atom. The van der Waals surface area contributed by atoms with E-state index in [0.29, 0.717) is 50.1 Å². The number of amides is 2. The molecule has 2 aromatic rings. The third-order valence-electron chi connectivity index (χ3n) is 6.31. The van der Waals surface area contributed by atoms with Crippen molar-refractivity contribution in [1.29, 1.82) is 0 Å². The smallest absolute Gasteiger partial charge is 0.272 e. The van der Waals surface area contributed by atoms with Gasteiger partial charge in [0.15, 0.2) is 0 Å². The molecule has 1 saturated heterocycles. The minimum Gasteiger partial charge on any atom is -0.478 e. The predicted octanol–water partition coefficient (Wildman–Crippen LogP) is 2.75. The van der Waals surface area contributed by atoms with E-state index in [1.54, 1.807) is 40.5 Å². The molecule has 32 heavy (non-hydrogen) atoms. The van der Waals surface area contributed by atoms with Crippen LogP contribution in [0.5, 0.6) is 5.88 Å². The summed E-state index contributed by atoms with van der Waals surface area (Å²) < 4.78 is 5.85. The molecule has 2 aromatic heterocycles. The van der Waals surface area contributed by atoms with Gasteiger partial charge < -0.3 is 14.5 Å². The van der Waals surface area contributed by atoms with Gasteiger partial charge >= 0.3 is 0 Å². The zero-order valence-corrected chi connectivity index (χ0v) is 18.5. The quantitative estimate of drug-likeness (QED) is 0.662. The van der Waals surface area contributed by atoms with E-state index >= 15 is 0 Å². The second-order valence-corrected chi connectivity index (χ2v) is 8.55. The molecule has 0 bridgehead atoms. The first-order valence-electron chi connectivity index (χ1n) is 11.6. The SMILES string of the molecule is O=C(Cc1cnccn1)N1CCN(C(=O)c2cccc(OCCC3CCCCC3)n2)CC1. The summed E-state index contributed by atoms with van der Waals surface area (Å²) in [7, 11) is 0. The highest BCUT2D eigenvalue weighted by atomic mass is 16.5. The van der Waals surface area contributed by atoms with Gasteiger partial charge in [-0.05, 0) is 18.4 Å². The molecule has 8 heteroatoms. The number of aromatic nitrogens is 3. The Balaban J connectivity index is 1.24. The fourth-order valence-corrected chi connectivity index (χ4v) is 4.43. The fourth-order valence-electron chi connectivity index (χ4n) is 4.43. The van der Waals surface area contributed by atoms with E-state index in [-0.39, 0.29) is 18.2 Å². The van der Waals surface area contributed by atoms with Crippen LogP contribution in [0.25, 0.3) is 0 Å². The Kier molecular flexibility index (Phi) is 7.64. The maximum Gasteiger partial charge on any atom is 0.272 e. The molecule has 0 aromatic carbocycles. The number of hydrogen-bond donors (Lipinski definition) is 0. The van der Waals surface area contributed by atoms with Gasteiger partial charge in [-0.25, -0.2) is 4.98 Å². The van der Waals surface area contributed by atoms with E-state index in [9.17, 15) is 9.59 Å². The molecule has 2 fully saturated rings. The Labute approximate surface area is 189 Å². The van der Waals surface area contributed by atoms with Gasteiger partial charge in [-0.15, -0.1) is 0 Å². The van der Waals surface area contributed by atoms with Crippen molar-refractivity contribution in [2.45, 2.75) is 44.9 Å². The number of ether oxygens (including phenoxy) is 1. The van der Waals surface area contributed by atoms with Crippen LogP contribution in [-0.2, 0) is 11.2 Å². The number of piperazine rings is 1. The first-order valence-corrected chi connectivity index (χ1v) is 11.6. The molecule has 0 spiro atoms. The van der Waals surface area contributed by atoms with E-state index in [1.807, 2.05) is 6.07 Å². The molecule has 170 valence electrons. The summed E-state index contributed by atoms with van der Waals surface area (Å²) in [4.78, 5) is 41.5. The third kappa shape index (κ3) is 6.02. The van der Waals surface area contributed by atoms with E-state index in [1.165, 1.54) is 32.1 Å². The molecular weight excluding hydrogens is 406 g/mol. The van der Waals surface area contributed by atoms with Crippen LogP contribution in [0.4, 0.5) is 0 Å². The lowest BCUT2D eigenvalue weighted by atomic mass is 9.87. The molecule has 4 rings (SSSR count). The maximum atomic E-state index is 12.9. The Bertz CT molecular complexity index is 894. The highest BCUT2D eigenvalue weighted by Gasteiger charge is 2.26. The molecular formula is C24H31N5O3. The Hall–Kier alpha value is -3.03. The van der Waals surface area contributed by atoms with E-state index < -0.39 is 0 Å². The van der Waals surface area contributed by atoms with Crippen molar-refractivity contribution in [3.63, 3.8) is 0 Å². The van der Waals surface area contributed by atoms with Gasteiger partial charge in [0, 0.05) is 50.8 Å². The maximum absolute atomic E-state index is 12.9. The number of carbonyl (C=O) groups is 2. The van der Waals surface area contributed by atoms with Gasteiger partial charge in [0.25, 0.3) is 5.91 Å². The molecule has 2 aliphatic rings. The third-order valence-corrected chi connectivity index (χ3v) is 6.31. The van der Waals surface area contributed by atoms with Crippen LogP contribution in [0.3, 0.4) is 0 Å². The number of carbonyl (C=O) groups excluding carboxylic acids is 2. The Morgan fingerprint density at radius 2 is 1.78 bits per heavy atom. The van der Waals surface area contributed by atoms with Crippen LogP contribution in [0, 0.1) is 5.92 Å². The summed E-state index contributed by atoms with van der Waals surface area (Å²) in [6.45, 7) is 2.62. The largest absolute Gasteiger partial charge is 0.478 e. The minimum absolute atomic E-state index is 0.00378. The summed E-state index contributed by atoms with van der Waals surface area (Å²) in [5, 5.41) is 0. The number of hydrogen-bond acceptors (Lipinski definition) is 6. The summed E-state index contributed by atoms with van der Waals surface area (Å²) >= 11 is 0. The van der Waals surface area contributed by atoms with Gasteiger partial charge in [0.1, 0.15) is 5.69 Å². The fraction of sp³-hybridized carbons (Fsp3) is 0.542. The topological polar surface area (TPSA) is 88.5 Å². The van der Waals surface area contributed by atoms with Crippen LogP contribution >= 0.6 is 0 Å². The standard InChI is InChI=1S/C24H31N5O3/c30-23(17-20-18-25-10-11-26-20)28-12-14-29(15-13-28)24(31)21-7-4-8-22(27-21)32-16-9-19-5-2-1-3-6-19/h4,7-8,10-11,18-19H,1-3,5-6,9,12-17H2. The molecule has 8 nitrogen and oxygen atoms in total. The molecule has 1 saturated carbocycles. The molecule has 0 N–H and O–H groups in total. The number of rotatable bonds is 7. The number of nitrogens with zero attached hydrogens (tertiary/aromatic N) is 5. The van der Waals surface area contributed by atoms with Gasteiger partial charge in [0.05, 0.1) is 18.7 Å². The van der Waals surface area contributed by atoms with Crippen LogP contribution in [-0.4, -0.2) is 69.4 Å². The van der Waals surface area contributed by atoms with Crippen molar-refractivity contribution in [2.24, 2.45) is 5.92 Å². The highest BCUT2D eigenvalue weighted by Crippen LogP contribution is 2.26. The van der Waals surface area contributed by atoms with Crippen molar-refractivity contribution in [3.8, 4) is 5.88 Å². The van der Waals surface area contributed by atoms with Gasteiger partial charge in [0.2, 0.25) is 11.8 Å². The average Bonchev–Trinajstić information content (AvgIpc) is 2.85. The van der Waals surface area contributed by atoms with Gasteiger partial charge in [-0.3, -0.25) is 19.6 Å². The summed E-state index contributed by atoms with van der Waals surface area (Å²) in [5.41, 5.74) is 1.04. The minimum atomic E-state index is -0.122. The van der Waals surface area contributed by atoms with E-state index in [2.05, 4.69) is 15.0 Å². The van der Waals surface area contributed by atoms with Crippen molar-refractivity contribution >= 4 is 11.8 Å².